The van der Waals surface area contributed by atoms with Gasteiger partial charge in [-0.1, -0.05) is 60.7 Å². The van der Waals surface area contributed by atoms with Crippen molar-refractivity contribution in [3.05, 3.63) is 130 Å². The lowest BCUT2D eigenvalue weighted by molar-refractivity contribution is -0.136. The SMILES string of the molecule is O=C1CCC(N2C(=O)c3ccc(C4CCN(CC5CCN(CCOc6ccc(C(=C(CCCl)c7ccccc7)c7ccc(O)cc7)cc6)CC5)CC4)cc3C2=O)C(=O)N1. The summed E-state index contributed by atoms with van der Waals surface area (Å²) in [5.74, 6) is 0.655. The Morgan fingerprint density at radius 1 is 0.729 bits per heavy atom. The fraction of sp³-hybridized carbons (Fsp3) is 0.375. The van der Waals surface area contributed by atoms with Crippen molar-refractivity contribution in [1.82, 2.24) is 20.0 Å². The molecule has 4 aliphatic rings. The highest BCUT2D eigenvalue weighted by Crippen LogP contribution is 2.37. The Morgan fingerprint density at radius 3 is 2.07 bits per heavy atom. The van der Waals surface area contributed by atoms with Gasteiger partial charge in [-0.2, -0.15) is 0 Å². The summed E-state index contributed by atoms with van der Waals surface area (Å²) in [4.78, 5) is 56.7. The van der Waals surface area contributed by atoms with E-state index in [4.69, 9.17) is 16.3 Å². The molecule has 0 aliphatic carbocycles. The van der Waals surface area contributed by atoms with Crippen molar-refractivity contribution in [2.75, 3.05) is 51.8 Å². The van der Waals surface area contributed by atoms with Crippen LogP contribution in [0.3, 0.4) is 0 Å². The number of phenols is 1. The standard InChI is InChI=1S/C48H51ClN4O6/c49-23-18-40(34-4-2-1-3-5-34)45(35-6-11-38(54)12-7-35)36-8-13-39(14-9-36)59-29-28-51-24-19-32(20-25-51)31-52-26-21-33(22-27-52)37-10-15-41-42(30-37)48(58)53(47(41)57)43-16-17-44(55)50-46(43)56/h1-15,30,32-33,43,54H,16-29,31H2,(H,50,55,56). The molecule has 1 unspecified atom stereocenters. The molecule has 0 spiro atoms. The molecular formula is C48H51ClN4O6. The minimum Gasteiger partial charge on any atom is -0.508 e. The Balaban J connectivity index is 0.792. The first-order valence-electron chi connectivity index (χ1n) is 20.9. The average Bonchev–Trinajstić information content (AvgIpc) is 3.50. The highest BCUT2D eigenvalue weighted by atomic mass is 35.5. The van der Waals surface area contributed by atoms with Crippen LogP contribution >= 0.6 is 11.6 Å². The molecule has 4 aliphatic heterocycles. The first kappa shape index (κ1) is 40.5. The number of fused-ring (bicyclic) bond motifs is 1. The fourth-order valence-electron chi connectivity index (χ4n) is 9.25. The van der Waals surface area contributed by atoms with Crippen LogP contribution < -0.4 is 10.1 Å². The number of phenolic OH excluding ortho intramolecular Hbond substituents is 1. The zero-order valence-electron chi connectivity index (χ0n) is 33.3. The molecule has 4 aromatic rings. The Kier molecular flexibility index (Phi) is 12.6. The largest absolute Gasteiger partial charge is 0.508 e. The van der Waals surface area contributed by atoms with Crippen molar-refractivity contribution in [2.45, 2.75) is 56.9 Å². The molecule has 0 aromatic heterocycles. The molecule has 1 atom stereocenters. The van der Waals surface area contributed by atoms with Crippen molar-refractivity contribution < 1.29 is 29.0 Å². The van der Waals surface area contributed by atoms with Crippen LogP contribution in [0.2, 0.25) is 0 Å². The minimum atomic E-state index is -0.950. The molecule has 4 amide bonds. The molecule has 8 rings (SSSR count). The number of aromatic hydroxyl groups is 1. The van der Waals surface area contributed by atoms with Gasteiger partial charge in [0.05, 0.1) is 11.1 Å². The molecule has 0 saturated carbocycles. The maximum atomic E-state index is 13.4. The summed E-state index contributed by atoms with van der Waals surface area (Å²) in [6.45, 7) is 6.71. The van der Waals surface area contributed by atoms with Gasteiger partial charge in [0.2, 0.25) is 11.8 Å². The van der Waals surface area contributed by atoms with E-state index in [9.17, 15) is 24.3 Å². The second-order valence-corrected chi connectivity index (χ2v) is 16.6. The number of imide groups is 2. The van der Waals surface area contributed by atoms with Crippen LogP contribution in [0.4, 0.5) is 0 Å². The monoisotopic (exact) mass is 814 g/mol. The van der Waals surface area contributed by atoms with E-state index < -0.39 is 23.8 Å². The Bertz CT molecular complexity index is 2190. The number of carbonyl (C=O) groups is 4. The van der Waals surface area contributed by atoms with E-state index in [1.165, 1.54) is 0 Å². The third kappa shape index (κ3) is 9.15. The normalized spacial score (nSPS) is 20.1. The maximum Gasteiger partial charge on any atom is 0.262 e. The Morgan fingerprint density at radius 2 is 1.39 bits per heavy atom. The van der Waals surface area contributed by atoms with E-state index in [0.29, 0.717) is 41.9 Å². The van der Waals surface area contributed by atoms with Crippen molar-refractivity contribution in [3.8, 4) is 11.5 Å². The van der Waals surface area contributed by atoms with Gasteiger partial charge in [0, 0.05) is 25.4 Å². The number of hydrogen-bond acceptors (Lipinski definition) is 8. The lowest BCUT2D eigenvalue weighted by Gasteiger charge is -2.37. The van der Waals surface area contributed by atoms with E-state index in [1.54, 1.807) is 18.2 Å². The summed E-state index contributed by atoms with van der Waals surface area (Å²) in [5.41, 5.74) is 7.21. The predicted octanol–water partition coefficient (Wildman–Crippen LogP) is 7.35. The van der Waals surface area contributed by atoms with Gasteiger partial charge in [-0.3, -0.25) is 34.3 Å². The van der Waals surface area contributed by atoms with Crippen molar-refractivity contribution >= 4 is 46.4 Å². The van der Waals surface area contributed by atoms with Crippen LogP contribution in [-0.4, -0.2) is 101 Å². The number of halogens is 1. The fourth-order valence-corrected chi connectivity index (χ4v) is 9.44. The van der Waals surface area contributed by atoms with Crippen molar-refractivity contribution in [2.24, 2.45) is 5.92 Å². The average molecular weight is 815 g/mol. The molecule has 11 heteroatoms. The number of nitrogens with one attached hydrogen (secondary N) is 1. The summed E-state index contributed by atoms with van der Waals surface area (Å²) in [6, 6.07) is 30.6. The van der Waals surface area contributed by atoms with Gasteiger partial charge in [0.1, 0.15) is 24.1 Å². The summed E-state index contributed by atoms with van der Waals surface area (Å²) in [7, 11) is 0. The lowest BCUT2D eigenvalue weighted by atomic mass is 9.87. The van der Waals surface area contributed by atoms with Crippen molar-refractivity contribution in [1.29, 1.82) is 0 Å². The smallest absolute Gasteiger partial charge is 0.262 e. The second-order valence-electron chi connectivity index (χ2n) is 16.2. The summed E-state index contributed by atoms with van der Waals surface area (Å²) >= 11 is 6.33. The molecule has 0 radical (unpaired) electrons. The maximum absolute atomic E-state index is 13.4. The van der Waals surface area contributed by atoms with Gasteiger partial charge < -0.3 is 14.7 Å². The van der Waals surface area contributed by atoms with E-state index >= 15 is 0 Å². The van der Waals surface area contributed by atoms with Gasteiger partial charge in [-0.05, 0) is 146 Å². The van der Waals surface area contributed by atoms with E-state index in [1.807, 2.05) is 54.6 Å². The number of piperidine rings is 3. The number of hydrogen-bond donors (Lipinski definition) is 2. The van der Waals surface area contributed by atoms with Crippen LogP contribution in [0.15, 0.2) is 97.1 Å². The molecule has 306 valence electrons. The molecule has 4 aromatic carbocycles. The minimum absolute atomic E-state index is 0.107. The van der Waals surface area contributed by atoms with Crippen LogP contribution in [0.5, 0.6) is 11.5 Å². The van der Waals surface area contributed by atoms with Gasteiger partial charge in [0.15, 0.2) is 0 Å². The highest BCUT2D eigenvalue weighted by Gasteiger charge is 2.45. The molecule has 2 N–H and O–H groups in total. The molecule has 3 fully saturated rings. The van der Waals surface area contributed by atoms with Gasteiger partial charge in [0.25, 0.3) is 11.8 Å². The number of nitrogens with zero attached hydrogens (tertiary/aromatic N) is 3. The van der Waals surface area contributed by atoms with Gasteiger partial charge in [-0.15, -0.1) is 11.6 Å². The second kappa shape index (κ2) is 18.3. The third-order valence-electron chi connectivity index (χ3n) is 12.5. The van der Waals surface area contributed by atoms with E-state index in [2.05, 4.69) is 39.4 Å². The highest BCUT2D eigenvalue weighted by molar-refractivity contribution is 6.23. The zero-order chi connectivity index (χ0) is 40.9. The molecule has 4 heterocycles. The van der Waals surface area contributed by atoms with Gasteiger partial charge >= 0.3 is 0 Å². The number of amides is 4. The molecule has 59 heavy (non-hydrogen) atoms. The quantitative estimate of drug-likeness (QED) is 0.0818. The van der Waals surface area contributed by atoms with Crippen molar-refractivity contribution in [3.63, 3.8) is 0 Å². The third-order valence-corrected chi connectivity index (χ3v) is 12.7. The van der Waals surface area contributed by atoms with E-state index in [0.717, 1.165) is 109 Å². The summed E-state index contributed by atoms with van der Waals surface area (Å²) in [5, 5.41) is 12.2. The van der Waals surface area contributed by atoms with Crippen LogP contribution in [0, 0.1) is 5.92 Å². The first-order chi connectivity index (χ1) is 28.7. The Hall–Kier alpha value is -5.29. The number of likely N-dealkylation sites (tertiary alicyclic amines) is 2. The lowest BCUT2D eigenvalue weighted by Crippen LogP contribution is -2.54. The molecule has 10 nitrogen and oxygen atoms in total. The summed E-state index contributed by atoms with van der Waals surface area (Å²) < 4.78 is 6.24. The van der Waals surface area contributed by atoms with Crippen LogP contribution in [-0.2, 0) is 9.59 Å². The Labute approximate surface area is 350 Å². The van der Waals surface area contributed by atoms with E-state index in [-0.39, 0.29) is 24.5 Å². The molecular weight excluding hydrogens is 764 g/mol. The number of allylic oxidation sites excluding steroid dienone is 1. The van der Waals surface area contributed by atoms with Crippen LogP contribution in [0.1, 0.15) is 93.8 Å². The number of rotatable bonds is 13. The number of alkyl halides is 1. The first-order valence-corrected chi connectivity index (χ1v) is 21.5. The van der Waals surface area contributed by atoms with Crippen LogP contribution in [0.25, 0.3) is 11.1 Å². The zero-order valence-corrected chi connectivity index (χ0v) is 34.0. The predicted molar refractivity (Wildman–Crippen MR) is 228 cm³/mol. The molecule has 3 saturated heterocycles. The molecule has 0 bridgehead atoms. The number of ether oxygens (including phenoxy) is 1. The van der Waals surface area contributed by atoms with Gasteiger partial charge in [-0.25, -0.2) is 0 Å². The topological polar surface area (TPSA) is 119 Å². The number of carbonyl (C=O) groups excluding carboxylic acids is 4. The number of benzene rings is 4. The summed E-state index contributed by atoms with van der Waals surface area (Å²) in [6.07, 6.45) is 5.28.